The van der Waals surface area contributed by atoms with Crippen molar-refractivity contribution in [3.05, 3.63) is 0 Å². The Morgan fingerprint density at radius 2 is 1.94 bits per heavy atom. The zero-order valence-corrected chi connectivity index (χ0v) is 11.2. The summed E-state index contributed by atoms with van der Waals surface area (Å²) in [6.07, 6.45) is 5.83. The van der Waals surface area contributed by atoms with Gasteiger partial charge in [0.25, 0.3) is 0 Å². The van der Waals surface area contributed by atoms with Crippen molar-refractivity contribution in [1.82, 2.24) is 4.90 Å². The molecule has 0 aromatic rings. The van der Waals surface area contributed by atoms with Crippen LogP contribution < -0.4 is 0 Å². The van der Waals surface area contributed by atoms with Gasteiger partial charge >= 0.3 is 0 Å². The first-order chi connectivity index (χ1) is 7.64. The summed E-state index contributed by atoms with van der Waals surface area (Å²) in [4.78, 5) is 2.72. The Morgan fingerprint density at radius 3 is 2.50 bits per heavy atom. The normalized spacial score (nSPS) is 50.4. The van der Waals surface area contributed by atoms with Crippen molar-refractivity contribution in [3.8, 4) is 0 Å². The largest absolute Gasteiger partial charge is 0.303 e. The third kappa shape index (κ3) is 1.81. The maximum Gasteiger partial charge on any atom is 0.00157 e. The maximum absolute atomic E-state index is 2.72. The van der Waals surface area contributed by atoms with Gasteiger partial charge in [0.05, 0.1) is 0 Å². The van der Waals surface area contributed by atoms with Gasteiger partial charge < -0.3 is 4.90 Å². The van der Waals surface area contributed by atoms with Crippen LogP contribution in [0.1, 0.15) is 46.5 Å². The highest BCUT2D eigenvalue weighted by atomic mass is 15.2. The van der Waals surface area contributed by atoms with E-state index in [4.69, 9.17) is 0 Å². The van der Waals surface area contributed by atoms with Crippen LogP contribution >= 0.6 is 0 Å². The molecule has 2 saturated carbocycles. The summed E-state index contributed by atoms with van der Waals surface area (Å²) in [5, 5.41) is 0. The Labute approximate surface area is 101 Å². The molecule has 4 atom stereocenters. The van der Waals surface area contributed by atoms with Gasteiger partial charge in [-0.2, -0.15) is 0 Å². The molecule has 3 aliphatic rings. The van der Waals surface area contributed by atoms with Gasteiger partial charge in [-0.25, -0.2) is 0 Å². The van der Waals surface area contributed by atoms with E-state index in [9.17, 15) is 0 Å². The molecule has 0 bridgehead atoms. The van der Waals surface area contributed by atoms with Crippen molar-refractivity contribution >= 4 is 0 Å². The molecule has 0 spiro atoms. The van der Waals surface area contributed by atoms with Gasteiger partial charge in [-0.3, -0.25) is 0 Å². The van der Waals surface area contributed by atoms with Crippen molar-refractivity contribution in [2.24, 2.45) is 29.1 Å². The van der Waals surface area contributed by atoms with Crippen LogP contribution in [0.5, 0.6) is 0 Å². The molecule has 1 heteroatoms. The van der Waals surface area contributed by atoms with E-state index < -0.39 is 0 Å². The highest BCUT2D eigenvalue weighted by Gasteiger charge is 2.52. The van der Waals surface area contributed by atoms with Crippen molar-refractivity contribution in [1.29, 1.82) is 0 Å². The van der Waals surface area contributed by atoms with E-state index in [-0.39, 0.29) is 0 Å². The maximum atomic E-state index is 2.72. The van der Waals surface area contributed by atoms with Crippen LogP contribution in [0.2, 0.25) is 0 Å². The molecule has 0 aromatic carbocycles. The van der Waals surface area contributed by atoms with E-state index in [2.05, 4.69) is 25.7 Å². The number of likely N-dealkylation sites (tertiary alicyclic amines) is 1. The average Bonchev–Trinajstić information content (AvgIpc) is 3.00. The van der Waals surface area contributed by atoms with E-state index in [0.717, 1.165) is 29.1 Å². The molecule has 3 unspecified atom stereocenters. The lowest BCUT2D eigenvalue weighted by Crippen LogP contribution is -2.25. The van der Waals surface area contributed by atoms with Crippen molar-refractivity contribution in [3.63, 3.8) is 0 Å². The Hall–Kier alpha value is -0.0400. The second-order valence-electron chi connectivity index (χ2n) is 7.01. The Morgan fingerprint density at radius 1 is 1.25 bits per heavy atom. The topological polar surface area (TPSA) is 3.24 Å². The summed E-state index contributed by atoms with van der Waals surface area (Å²) in [5.41, 5.74) is 0.741. The van der Waals surface area contributed by atoms with Crippen LogP contribution in [0.4, 0.5) is 0 Å². The van der Waals surface area contributed by atoms with Crippen LogP contribution in [-0.2, 0) is 0 Å². The number of piperidine rings is 1. The summed E-state index contributed by atoms with van der Waals surface area (Å²) in [5.74, 6) is 4.28. The van der Waals surface area contributed by atoms with Crippen LogP contribution in [0.3, 0.4) is 0 Å². The van der Waals surface area contributed by atoms with E-state index in [1.165, 1.54) is 45.3 Å². The quantitative estimate of drug-likeness (QED) is 0.688. The SMILES string of the molecule is CC[C@@H]1CC1(C)CCCN1CC2C(C)C2C1. The van der Waals surface area contributed by atoms with E-state index >= 15 is 0 Å². The van der Waals surface area contributed by atoms with Crippen LogP contribution in [0.25, 0.3) is 0 Å². The minimum atomic E-state index is 0.741. The lowest BCUT2D eigenvalue weighted by molar-refractivity contribution is 0.270. The summed E-state index contributed by atoms with van der Waals surface area (Å²) >= 11 is 0. The van der Waals surface area contributed by atoms with Gasteiger partial charge in [-0.1, -0.05) is 27.2 Å². The molecule has 1 aliphatic heterocycles. The fourth-order valence-corrected chi connectivity index (χ4v) is 4.25. The van der Waals surface area contributed by atoms with E-state index in [1.54, 1.807) is 0 Å². The first-order valence-electron chi connectivity index (χ1n) is 7.36. The lowest BCUT2D eigenvalue weighted by atomic mass is 9.98. The van der Waals surface area contributed by atoms with Gasteiger partial charge in [0.2, 0.25) is 0 Å². The molecule has 0 aromatic heterocycles. The third-order valence-corrected chi connectivity index (χ3v) is 5.95. The number of hydrogen-bond donors (Lipinski definition) is 0. The third-order valence-electron chi connectivity index (χ3n) is 5.95. The van der Waals surface area contributed by atoms with Crippen molar-refractivity contribution in [2.45, 2.75) is 46.5 Å². The predicted octanol–water partition coefficient (Wildman–Crippen LogP) is 3.40. The minimum absolute atomic E-state index is 0.741. The fourth-order valence-electron chi connectivity index (χ4n) is 4.25. The number of rotatable bonds is 5. The molecular formula is C15H27N. The number of fused-ring (bicyclic) bond motifs is 1. The minimum Gasteiger partial charge on any atom is -0.303 e. The monoisotopic (exact) mass is 221 g/mol. The number of nitrogens with zero attached hydrogens (tertiary/aromatic N) is 1. The molecule has 2 aliphatic carbocycles. The first kappa shape index (κ1) is 11.1. The van der Waals surface area contributed by atoms with Gasteiger partial charge in [-0.05, 0) is 54.9 Å². The second kappa shape index (κ2) is 3.73. The zero-order valence-electron chi connectivity index (χ0n) is 11.2. The van der Waals surface area contributed by atoms with Crippen LogP contribution in [0.15, 0.2) is 0 Å². The standard InChI is InChI=1S/C15H27N/c1-4-12-8-15(12,3)6-5-7-16-9-13-11(2)14(13)10-16/h11-14H,4-10H2,1-3H3/t11?,12-,13?,14?,15?/m1/s1. The molecule has 1 nitrogen and oxygen atoms in total. The zero-order chi connectivity index (χ0) is 11.3. The Kier molecular flexibility index (Phi) is 2.58. The summed E-state index contributed by atoms with van der Waals surface area (Å²) < 4.78 is 0. The molecule has 0 N–H and O–H groups in total. The van der Waals surface area contributed by atoms with E-state index in [0.29, 0.717) is 0 Å². The second-order valence-corrected chi connectivity index (χ2v) is 7.01. The van der Waals surface area contributed by atoms with Gasteiger partial charge in [0, 0.05) is 13.1 Å². The van der Waals surface area contributed by atoms with E-state index in [1.807, 2.05) is 0 Å². The fraction of sp³-hybridized carbons (Fsp3) is 1.00. The van der Waals surface area contributed by atoms with Gasteiger partial charge in [0.15, 0.2) is 0 Å². The molecule has 1 heterocycles. The van der Waals surface area contributed by atoms with Crippen molar-refractivity contribution < 1.29 is 0 Å². The molecular weight excluding hydrogens is 194 g/mol. The molecule has 0 radical (unpaired) electrons. The lowest BCUT2D eigenvalue weighted by Gasteiger charge is -2.19. The Balaban J connectivity index is 1.33. The first-order valence-corrected chi connectivity index (χ1v) is 7.36. The molecule has 3 rings (SSSR count). The molecule has 16 heavy (non-hydrogen) atoms. The predicted molar refractivity (Wildman–Crippen MR) is 68.3 cm³/mol. The average molecular weight is 221 g/mol. The van der Waals surface area contributed by atoms with Crippen LogP contribution in [0, 0.1) is 29.1 Å². The van der Waals surface area contributed by atoms with Crippen LogP contribution in [-0.4, -0.2) is 24.5 Å². The molecule has 92 valence electrons. The van der Waals surface area contributed by atoms with Crippen molar-refractivity contribution in [2.75, 3.05) is 19.6 Å². The smallest absolute Gasteiger partial charge is 0.00157 e. The molecule has 3 fully saturated rings. The highest BCUT2D eigenvalue weighted by Crippen LogP contribution is 2.57. The number of hydrogen-bond acceptors (Lipinski definition) is 1. The summed E-state index contributed by atoms with van der Waals surface area (Å²) in [6.45, 7) is 11.5. The summed E-state index contributed by atoms with van der Waals surface area (Å²) in [6, 6.07) is 0. The van der Waals surface area contributed by atoms with Gasteiger partial charge in [-0.15, -0.1) is 0 Å². The summed E-state index contributed by atoms with van der Waals surface area (Å²) in [7, 11) is 0. The molecule has 0 amide bonds. The Bertz CT molecular complexity index is 263. The van der Waals surface area contributed by atoms with Gasteiger partial charge in [0.1, 0.15) is 0 Å². The molecule has 1 saturated heterocycles. The highest BCUT2D eigenvalue weighted by molar-refractivity contribution is 5.03.